The molecule has 0 N–H and O–H groups in total. The molecule has 1 heterocycles. The number of hydrogen-bond acceptors (Lipinski definition) is 1. The van der Waals surface area contributed by atoms with E-state index in [1.54, 1.807) is 0 Å². The zero-order valence-corrected chi connectivity index (χ0v) is 12.3. The molecule has 0 aromatic rings. The average molecular weight is 289 g/mol. The van der Waals surface area contributed by atoms with E-state index < -0.39 is 0 Å². The quantitative estimate of drug-likeness (QED) is 0.691. The zero-order chi connectivity index (χ0) is 11.6. The molecule has 0 bridgehead atoms. The SMILES string of the molecule is CC(C)C(CBr)CC1CCC2(CCCC2)O1. The number of alkyl halides is 1. The molecule has 1 saturated carbocycles. The second-order valence-corrected chi connectivity index (χ2v) is 6.71. The first kappa shape index (κ1) is 12.9. The predicted octanol–water partition coefficient (Wildman–Crippen LogP) is 4.54. The molecule has 1 spiro atoms. The van der Waals surface area contributed by atoms with Gasteiger partial charge in [0.25, 0.3) is 0 Å². The van der Waals surface area contributed by atoms with Crippen molar-refractivity contribution in [3.63, 3.8) is 0 Å². The minimum Gasteiger partial charge on any atom is -0.372 e. The van der Waals surface area contributed by atoms with Gasteiger partial charge in [-0.1, -0.05) is 42.6 Å². The summed E-state index contributed by atoms with van der Waals surface area (Å²) < 4.78 is 6.37. The molecule has 0 amide bonds. The Kier molecular flexibility index (Phi) is 4.34. The zero-order valence-electron chi connectivity index (χ0n) is 10.7. The molecule has 16 heavy (non-hydrogen) atoms. The summed E-state index contributed by atoms with van der Waals surface area (Å²) in [6.07, 6.45) is 9.85. The van der Waals surface area contributed by atoms with Gasteiger partial charge in [-0.05, 0) is 43.9 Å². The van der Waals surface area contributed by atoms with Crippen molar-refractivity contribution in [3.05, 3.63) is 0 Å². The minimum atomic E-state index is 0.318. The number of ether oxygens (including phenoxy) is 1. The Morgan fingerprint density at radius 1 is 1.25 bits per heavy atom. The van der Waals surface area contributed by atoms with Crippen LogP contribution in [0.5, 0.6) is 0 Å². The Balaban J connectivity index is 1.84. The molecule has 1 aliphatic carbocycles. The molecule has 2 rings (SSSR count). The highest BCUT2D eigenvalue weighted by Gasteiger charge is 2.42. The highest BCUT2D eigenvalue weighted by molar-refractivity contribution is 9.09. The molecule has 2 unspecified atom stereocenters. The number of halogens is 1. The van der Waals surface area contributed by atoms with Crippen molar-refractivity contribution in [3.8, 4) is 0 Å². The Morgan fingerprint density at radius 2 is 1.94 bits per heavy atom. The smallest absolute Gasteiger partial charge is 0.0687 e. The van der Waals surface area contributed by atoms with Gasteiger partial charge in [-0.25, -0.2) is 0 Å². The molecule has 2 aliphatic rings. The lowest BCUT2D eigenvalue weighted by Gasteiger charge is -2.26. The third-order valence-electron chi connectivity index (χ3n) is 4.56. The first-order valence-corrected chi connectivity index (χ1v) is 8.01. The van der Waals surface area contributed by atoms with Crippen LogP contribution in [0.25, 0.3) is 0 Å². The van der Waals surface area contributed by atoms with Gasteiger partial charge in [0.15, 0.2) is 0 Å². The highest BCUT2D eigenvalue weighted by Crippen LogP contribution is 2.44. The first-order valence-electron chi connectivity index (χ1n) is 6.89. The van der Waals surface area contributed by atoms with Gasteiger partial charge < -0.3 is 4.74 Å². The largest absolute Gasteiger partial charge is 0.372 e. The average Bonchev–Trinajstić information content (AvgIpc) is 2.86. The lowest BCUT2D eigenvalue weighted by molar-refractivity contribution is -0.0450. The lowest BCUT2D eigenvalue weighted by atomic mass is 9.91. The molecule has 94 valence electrons. The van der Waals surface area contributed by atoms with Crippen LogP contribution >= 0.6 is 15.9 Å². The molecule has 0 aromatic heterocycles. The van der Waals surface area contributed by atoms with Crippen LogP contribution in [0, 0.1) is 11.8 Å². The lowest BCUT2D eigenvalue weighted by Crippen LogP contribution is -2.26. The molecule has 0 aromatic carbocycles. The Hall–Kier alpha value is 0.440. The molecule has 2 atom stereocenters. The number of hydrogen-bond donors (Lipinski definition) is 0. The van der Waals surface area contributed by atoms with Gasteiger partial charge in [0.1, 0.15) is 0 Å². The van der Waals surface area contributed by atoms with Crippen molar-refractivity contribution in [1.82, 2.24) is 0 Å². The molecule has 2 fully saturated rings. The molecule has 1 aliphatic heterocycles. The van der Waals surface area contributed by atoms with Gasteiger partial charge >= 0.3 is 0 Å². The maximum atomic E-state index is 6.37. The summed E-state index contributed by atoms with van der Waals surface area (Å²) in [6, 6.07) is 0. The van der Waals surface area contributed by atoms with Gasteiger partial charge in [-0.2, -0.15) is 0 Å². The van der Waals surface area contributed by atoms with Crippen LogP contribution in [0.2, 0.25) is 0 Å². The molecule has 0 radical (unpaired) electrons. The van der Waals surface area contributed by atoms with Crippen LogP contribution in [0.1, 0.15) is 58.8 Å². The summed E-state index contributed by atoms with van der Waals surface area (Å²) in [5.41, 5.74) is 0.318. The second-order valence-electron chi connectivity index (χ2n) is 6.06. The van der Waals surface area contributed by atoms with Crippen LogP contribution in [-0.4, -0.2) is 17.0 Å². The first-order chi connectivity index (χ1) is 7.65. The highest BCUT2D eigenvalue weighted by atomic mass is 79.9. The third-order valence-corrected chi connectivity index (χ3v) is 5.39. The summed E-state index contributed by atoms with van der Waals surface area (Å²) in [7, 11) is 0. The maximum Gasteiger partial charge on any atom is 0.0687 e. The molecule has 1 saturated heterocycles. The van der Waals surface area contributed by atoms with Crippen molar-refractivity contribution < 1.29 is 4.74 Å². The summed E-state index contributed by atoms with van der Waals surface area (Å²) in [5, 5.41) is 1.12. The van der Waals surface area contributed by atoms with Gasteiger partial charge in [0, 0.05) is 5.33 Å². The van der Waals surface area contributed by atoms with Crippen LogP contribution < -0.4 is 0 Å². The van der Waals surface area contributed by atoms with Crippen LogP contribution in [-0.2, 0) is 4.74 Å². The molecular formula is C14H25BrO. The topological polar surface area (TPSA) is 9.23 Å². The third kappa shape index (κ3) is 2.81. The Labute approximate surface area is 108 Å². The standard InChI is InChI=1S/C14H25BrO/c1-11(2)12(10-15)9-13-5-8-14(16-13)6-3-4-7-14/h11-13H,3-10H2,1-2H3. The normalized spacial score (nSPS) is 30.4. The number of rotatable bonds is 4. The predicted molar refractivity (Wildman–Crippen MR) is 72.0 cm³/mol. The maximum absolute atomic E-state index is 6.37. The van der Waals surface area contributed by atoms with E-state index in [-0.39, 0.29) is 0 Å². The fourth-order valence-electron chi connectivity index (χ4n) is 3.30. The fourth-order valence-corrected chi connectivity index (χ4v) is 4.31. The van der Waals surface area contributed by atoms with Gasteiger partial charge in [-0.15, -0.1) is 0 Å². The molecule has 1 nitrogen and oxygen atoms in total. The Morgan fingerprint density at radius 3 is 2.50 bits per heavy atom. The van der Waals surface area contributed by atoms with E-state index in [1.807, 2.05) is 0 Å². The van der Waals surface area contributed by atoms with Crippen LogP contribution in [0.15, 0.2) is 0 Å². The molecular weight excluding hydrogens is 264 g/mol. The molecule has 2 heteroatoms. The van der Waals surface area contributed by atoms with E-state index in [9.17, 15) is 0 Å². The van der Waals surface area contributed by atoms with E-state index in [0.29, 0.717) is 11.7 Å². The van der Waals surface area contributed by atoms with E-state index in [4.69, 9.17) is 4.74 Å². The van der Waals surface area contributed by atoms with Crippen molar-refractivity contribution in [2.75, 3.05) is 5.33 Å². The summed E-state index contributed by atoms with van der Waals surface area (Å²) >= 11 is 3.64. The van der Waals surface area contributed by atoms with Crippen LogP contribution in [0.3, 0.4) is 0 Å². The van der Waals surface area contributed by atoms with Crippen molar-refractivity contribution in [2.24, 2.45) is 11.8 Å². The van der Waals surface area contributed by atoms with Crippen molar-refractivity contribution >= 4 is 15.9 Å². The van der Waals surface area contributed by atoms with E-state index >= 15 is 0 Å². The van der Waals surface area contributed by atoms with Crippen molar-refractivity contribution in [1.29, 1.82) is 0 Å². The monoisotopic (exact) mass is 288 g/mol. The van der Waals surface area contributed by atoms with E-state index in [2.05, 4.69) is 29.8 Å². The van der Waals surface area contributed by atoms with Crippen molar-refractivity contribution in [2.45, 2.75) is 70.5 Å². The van der Waals surface area contributed by atoms with Crippen LogP contribution in [0.4, 0.5) is 0 Å². The van der Waals surface area contributed by atoms with Gasteiger partial charge in [0.05, 0.1) is 11.7 Å². The van der Waals surface area contributed by atoms with Gasteiger partial charge in [-0.3, -0.25) is 0 Å². The fraction of sp³-hybridized carbons (Fsp3) is 1.00. The summed E-state index contributed by atoms with van der Waals surface area (Å²) in [6.45, 7) is 4.65. The summed E-state index contributed by atoms with van der Waals surface area (Å²) in [4.78, 5) is 0. The summed E-state index contributed by atoms with van der Waals surface area (Å²) in [5.74, 6) is 1.55. The Bertz CT molecular complexity index is 221. The minimum absolute atomic E-state index is 0.318. The second kappa shape index (κ2) is 5.39. The van der Waals surface area contributed by atoms with Gasteiger partial charge in [0.2, 0.25) is 0 Å². The van der Waals surface area contributed by atoms with E-state index in [1.165, 1.54) is 44.9 Å². The van der Waals surface area contributed by atoms with E-state index in [0.717, 1.165) is 17.2 Å².